The van der Waals surface area contributed by atoms with E-state index in [1.807, 2.05) is 39.8 Å². The molecule has 0 fully saturated rings. The largest absolute Gasteiger partial charge is 0.324 e. The Morgan fingerprint density at radius 3 is 2.46 bits per heavy atom. The predicted octanol–water partition coefficient (Wildman–Crippen LogP) is 4.06. The van der Waals surface area contributed by atoms with E-state index in [2.05, 4.69) is 30.8 Å². The van der Waals surface area contributed by atoms with E-state index in [0.29, 0.717) is 16.6 Å². The molecule has 0 spiro atoms. The fourth-order valence-corrected chi connectivity index (χ4v) is 3.08. The molecule has 2 heterocycles. The van der Waals surface area contributed by atoms with Crippen LogP contribution in [0.1, 0.15) is 46.5 Å². The Hall–Kier alpha value is -2.87. The summed E-state index contributed by atoms with van der Waals surface area (Å²) >= 11 is 1.38. The van der Waals surface area contributed by atoms with Gasteiger partial charge in [0.05, 0.1) is 0 Å². The van der Waals surface area contributed by atoms with E-state index in [1.54, 1.807) is 18.2 Å². The van der Waals surface area contributed by atoms with Crippen LogP contribution in [0, 0.1) is 13.8 Å². The Labute approximate surface area is 155 Å². The van der Waals surface area contributed by atoms with Gasteiger partial charge in [0.1, 0.15) is 5.01 Å². The van der Waals surface area contributed by atoms with E-state index in [4.69, 9.17) is 0 Å². The Kier molecular flexibility index (Phi) is 5.22. The number of amides is 1. The minimum Gasteiger partial charge on any atom is -0.324 e. The zero-order valence-corrected chi connectivity index (χ0v) is 15.9. The van der Waals surface area contributed by atoms with Gasteiger partial charge in [0.2, 0.25) is 11.1 Å². The molecule has 26 heavy (non-hydrogen) atoms. The Morgan fingerprint density at radius 1 is 1.08 bits per heavy atom. The summed E-state index contributed by atoms with van der Waals surface area (Å²) in [5.41, 5.74) is 3.01. The summed E-state index contributed by atoms with van der Waals surface area (Å²) in [6.45, 7) is 7.90. The van der Waals surface area contributed by atoms with Gasteiger partial charge in [-0.05, 0) is 38.1 Å². The zero-order chi connectivity index (χ0) is 18.7. The molecular weight excluding hydrogens is 348 g/mol. The Bertz CT molecular complexity index is 917. The van der Waals surface area contributed by atoms with Crippen molar-refractivity contribution < 1.29 is 4.79 Å². The van der Waals surface area contributed by atoms with Gasteiger partial charge in [-0.1, -0.05) is 31.3 Å². The van der Waals surface area contributed by atoms with Gasteiger partial charge in [-0.25, -0.2) is 9.97 Å². The molecule has 1 aromatic carbocycles. The van der Waals surface area contributed by atoms with E-state index in [0.717, 1.165) is 22.1 Å². The zero-order valence-electron chi connectivity index (χ0n) is 15.1. The fourth-order valence-electron chi connectivity index (χ4n) is 2.34. The van der Waals surface area contributed by atoms with Gasteiger partial charge >= 0.3 is 0 Å². The number of hydrogen-bond donors (Lipinski definition) is 2. The summed E-state index contributed by atoms with van der Waals surface area (Å²) < 4.78 is 0. The maximum Gasteiger partial charge on any atom is 0.257 e. The monoisotopic (exact) mass is 368 g/mol. The number of carbonyl (C=O) groups is 1. The molecule has 2 aromatic heterocycles. The SMILES string of the molecule is Cc1cc(C)nc(Nc2cccc(C(=O)Nc3nnc(C(C)C)s3)c2)n1. The average Bonchev–Trinajstić information content (AvgIpc) is 3.03. The van der Waals surface area contributed by atoms with Crippen molar-refractivity contribution in [2.24, 2.45) is 0 Å². The van der Waals surface area contributed by atoms with Gasteiger partial charge in [0.15, 0.2) is 0 Å². The van der Waals surface area contributed by atoms with Crippen molar-refractivity contribution in [3.63, 3.8) is 0 Å². The number of aryl methyl sites for hydroxylation is 2. The number of hydrogen-bond acceptors (Lipinski definition) is 7. The third kappa shape index (κ3) is 4.40. The second-order valence-electron chi connectivity index (χ2n) is 6.23. The lowest BCUT2D eigenvalue weighted by Crippen LogP contribution is -2.12. The minimum atomic E-state index is -0.235. The first-order valence-corrected chi connectivity index (χ1v) is 9.06. The number of rotatable bonds is 5. The Balaban J connectivity index is 1.74. The molecule has 2 N–H and O–H groups in total. The molecule has 0 radical (unpaired) electrons. The highest BCUT2D eigenvalue weighted by Gasteiger charge is 2.12. The van der Waals surface area contributed by atoms with E-state index in [-0.39, 0.29) is 11.8 Å². The fraction of sp³-hybridized carbons (Fsp3) is 0.278. The topological polar surface area (TPSA) is 92.7 Å². The summed E-state index contributed by atoms with van der Waals surface area (Å²) in [5.74, 6) is 0.552. The summed E-state index contributed by atoms with van der Waals surface area (Å²) in [5, 5.41) is 15.4. The minimum absolute atomic E-state index is 0.235. The van der Waals surface area contributed by atoms with Crippen LogP contribution in [-0.2, 0) is 0 Å². The first-order valence-electron chi connectivity index (χ1n) is 8.25. The second kappa shape index (κ2) is 7.57. The highest BCUT2D eigenvalue weighted by molar-refractivity contribution is 7.15. The maximum absolute atomic E-state index is 12.5. The number of anilines is 3. The highest BCUT2D eigenvalue weighted by atomic mass is 32.1. The molecule has 0 unspecified atom stereocenters. The number of carbonyl (C=O) groups excluding carboxylic acids is 1. The molecule has 1 amide bonds. The lowest BCUT2D eigenvalue weighted by Gasteiger charge is -2.08. The molecule has 0 atom stereocenters. The van der Waals surface area contributed by atoms with Gasteiger partial charge in [0, 0.05) is 28.6 Å². The van der Waals surface area contributed by atoms with Crippen molar-refractivity contribution in [3.8, 4) is 0 Å². The summed E-state index contributed by atoms with van der Waals surface area (Å²) in [6.07, 6.45) is 0. The standard InChI is InChI=1S/C18H20N6OS/c1-10(2)16-23-24-18(26-16)22-15(25)13-6-5-7-14(9-13)21-17-19-11(3)8-12(4)20-17/h5-10H,1-4H3,(H,19,20,21)(H,22,24,25). The van der Waals surface area contributed by atoms with Gasteiger partial charge in [-0.15, -0.1) is 10.2 Å². The smallest absolute Gasteiger partial charge is 0.257 e. The number of benzene rings is 1. The van der Waals surface area contributed by atoms with Crippen LogP contribution in [0.5, 0.6) is 0 Å². The van der Waals surface area contributed by atoms with Crippen LogP contribution >= 0.6 is 11.3 Å². The van der Waals surface area contributed by atoms with Crippen LogP contribution in [0.15, 0.2) is 30.3 Å². The molecule has 134 valence electrons. The number of aromatic nitrogens is 4. The quantitative estimate of drug-likeness (QED) is 0.705. The van der Waals surface area contributed by atoms with Crippen LogP contribution in [0.2, 0.25) is 0 Å². The molecular formula is C18H20N6OS. The molecule has 0 saturated carbocycles. The van der Waals surface area contributed by atoms with Gasteiger partial charge in [-0.3, -0.25) is 10.1 Å². The molecule has 3 aromatic rings. The van der Waals surface area contributed by atoms with Crippen LogP contribution in [0.25, 0.3) is 0 Å². The Morgan fingerprint density at radius 2 is 1.81 bits per heavy atom. The van der Waals surface area contributed by atoms with Crippen molar-refractivity contribution in [2.75, 3.05) is 10.6 Å². The summed E-state index contributed by atoms with van der Waals surface area (Å²) in [6, 6.07) is 9.07. The molecule has 0 aliphatic carbocycles. The van der Waals surface area contributed by atoms with Gasteiger partial charge in [0.25, 0.3) is 5.91 Å². The van der Waals surface area contributed by atoms with Crippen molar-refractivity contribution in [3.05, 3.63) is 52.3 Å². The average molecular weight is 368 g/mol. The molecule has 8 heteroatoms. The lowest BCUT2D eigenvalue weighted by atomic mass is 10.2. The molecule has 3 rings (SSSR count). The highest BCUT2D eigenvalue weighted by Crippen LogP contribution is 2.23. The molecule has 0 aliphatic heterocycles. The van der Waals surface area contributed by atoms with E-state index in [1.165, 1.54) is 11.3 Å². The van der Waals surface area contributed by atoms with Crippen LogP contribution in [0.3, 0.4) is 0 Å². The summed E-state index contributed by atoms with van der Waals surface area (Å²) in [4.78, 5) is 21.2. The molecule has 7 nitrogen and oxygen atoms in total. The predicted molar refractivity (Wildman–Crippen MR) is 103 cm³/mol. The molecule has 0 bridgehead atoms. The maximum atomic E-state index is 12.5. The molecule has 0 aliphatic rings. The van der Waals surface area contributed by atoms with Crippen molar-refractivity contribution in [1.82, 2.24) is 20.2 Å². The number of nitrogens with zero attached hydrogens (tertiary/aromatic N) is 4. The van der Waals surface area contributed by atoms with Gasteiger partial charge < -0.3 is 5.32 Å². The third-order valence-electron chi connectivity index (χ3n) is 3.52. The van der Waals surface area contributed by atoms with Crippen molar-refractivity contribution >= 4 is 34.0 Å². The van der Waals surface area contributed by atoms with Crippen LogP contribution < -0.4 is 10.6 Å². The first kappa shape index (κ1) is 17.9. The van der Waals surface area contributed by atoms with Crippen LogP contribution in [0.4, 0.5) is 16.8 Å². The van der Waals surface area contributed by atoms with Gasteiger partial charge in [-0.2, -0.15) is 0 Å². The lowest BCUT2D eigenvalue weighted by molar-refractivity contribution is 0.102. The number of nitrogens with one attached hydrogen (secondary N) is 2. The van der Waals surface area contributed by atoms with E-state index < -0.39 is 0 Å². The molecule has 0 saturated heterocycles. The van der Waals surface area contributed by atoms with Crippen molar-refractivity contribution in [2.45, 2.75) is 33.6 Å². The van der Waals surface area contributed by atoms with Crippen molar-refractivity contribution in [1.29, 1.82) is 0 Å². The third-order valence-corrected chi connectivity index (χ3v) is 4.66. The normalized spacial score (nSPS) is 10.8. The summed E-state index contributed by atoms with van der Waals surface area (Å²) in [7, 11) is 0. The first-order chi connectivity index (χ1) is 12.4. The second-order valence-corrected chi connectivity index (χ2v) is 7.24. The van der Waals surface area contributed by atoms with E-state index >= 15 is 0 Å². The van der Waals surface area contributed by atoms with E-state index in [9.17, 15) is 4.79 Å². The van der Waals surface area contributed by atoms with Crippen LogP contribution in [-0.4, -0.2) is 26.1 Å².